The van der Waals surface area contributed by atoms with Crippen LogP contribution in [0.2, 0.25) is 0 Å². The average molecular weight is 337 g/mol. The van der Waals surface area contributed by atoms with Crippen molar-refractivity contribution < 1.29 is 19.4 Å². The molecule has 1 unspecified atom stereocenters. The molecule has 2 aliphatic rings. The van der Waals surface area contributed by atoms with Crippen LogP contribution in [-0.4, -0.2) is 70.3 Å². The largest absolute Gasteiger partial charge is 0.387 e. The topological polar surface area (TPSA) is 76.8 Å². The van der Waals surface area contributed by atoms with Gasteiger partial charge < -0.3 is 19.5 Å². The molecule has 1 N–H and O–H groups in total. The Morgan fingerprint density at radius 2 is 2.17 bits per heavy atom. The maximum Gasteiger partial charge on any atom is 0.257 e. The lowest BCUT2D eigenvalue weighted by molar-refractivity contribution is -0.189. The first-order valence-corrected chi connectivity index (χ1v) is 8.66. The number of methoxy groups -OCH3 is 1. The third kappa shape index (κ3) is 3.48. The maximum absolute atomic E-state index is 12.6. The van der Waals surface area contributed by atoms with Gasteiger partial charge in [-0.3, -0.25) is 9.48 Å². The quantitative estimate of drug-likeness (QED) is 0.889. The second kappa shape index (κ2) is 6.82. The number of carbonyl (C=O) groups is 1. The van der Waals surface area contributed by atoms with Gasteiger partial charge in [-0.05, 0) is 19.8 Å². The monoisotopic (exact) mass is 337 g/mol. The van der Waals surface area contributed by atoms with Crippen molar-refractivity contribution in [3.63, 3.8) is 0 Å². The van der Waals surface area contributed by atoms with Crippen molar-refractivity contribution in [2.75, 3.05) is 33.4 Å². The summed E-state index contributed by atoms with van der Waals surface area (Å²) in [5.74, 6) is 0.0208. The summed E-state index contributed by atoms with van der Waals surface area (Å²) in [6.45, 7) is 4.89. The summed E-state index contributed by atoms with van der Waals surface area (Å²) < 4.78 is 13.0. The molecular weight excluding hydrogens is 310 g/mol. The van der Waals surface area contributed by atoms with Gasteiger partial charge in [0.25, 0.3) is 5.91 Å². The number of nitrogens with zero attached hydrogens (tertiary/aromatic N) is 3. The van der Waals surface area contributed by atoms with E-state index < -0.39 is 5.60 Å². The minimum atomic E-state index is -0.818. The van der Waals surface area contributed by atoms with E-state index in [1.807, 2.05) is 11.8 Å². The number of piperidine rings is 1. The fourth-order valence-corrected chi connectivity index (χ4v) is 3.86. The predicted molar refractivity (Wildman–Crippen MR) is 87.8 cm³/mol. The van der Waals surface area contributed by atoms with Gasteiger partial charge in [-0.25, -0.2) is 0 Å². The van der Waals surface area contributed by atoms with Gasteiger partial charge in [-0.1, -0.05) is 0 Å². The fourth-order valence-electron chi connectivity index (χ4n) is 3.86. The Bertz CT molecular complexity index is 576. The highest BCUT2D eigenvalue weighted by Gasteiger charge is 2.47. The molecule has 3 rings (SSSR count). The van der Waals surface area contributed by atoms with Gasteiger partial charge in [0.1, 0.15) is 0 Å². The highest BCUT2D eigenvalue weighted by atomic mass is 16.5. The van der Waals surface area contributed by atoms with Gasteiger partial charge in [0.2, 0.25) is 0 Å². The molecular formula is C17H27N3O4. The molecule has 134 valence electrons. The lowest BCUT2D eigenvalue weighted by Gasteiger charge is -2.48. The number of carbonyl (C=O) groups excluding carboxylic acids is 1. The Morgan fingerprint density at radius 3 is 2.79 bits per heavy atom. The molecule has 0 bridgehead atoms. The van der Waals surface area contributed by atoms with E-state index >= 15 is 0 Å². The highest BCUT2D eigenvalue weighted by molar-refractivity contribution is 5.93. The van der Waals surface area contributed by atoms with Crippen molar-refractivity contribution >= 4 is 5.91 Å². The van der Waals surface area contributed by atoms with Gasteiger partial charge in [-0.15, -0.1) is 0 Å². The number of hydrogen-bond donors (Lipinski definition) is 1. The number of aryl methyl sites for hydroxylation is 1. The summed E-state index contributed by atoms with van der Waals surface area (Å²) in [5.41, 5.74) is -0.523. The summed E-state index contributed by atoms with van der Waals surface area (Å²) in [4.78, 5) is 14.4. The first-order chi connectivity index (χ1) is 11.5. The van der Waals surface area contributed by atoms with Crippen molar-refractivity contribution in [2.24, 2.45) is 0 Å². The van der Waals surface area contributed by atoms with Gasteiger partial charge in [0.05, 0.1) is 36.2 Å². The number of aromatic nitrogens is 2. The SMILES string of the molecule is CCn1cc(C(=O)N2CCC3(CC2)CC(O)(COC)CCO3)cn1. The smallest absolute Gasteiger partial charge is 0.257 e. The number of rotatable bonds is 4. The molecule has 3 heterocycles. The minimum absolute atomic E-state index is 0.0208. The van der Waals surface area contributed by atoms with Crippen molar-refractivity contribution in [1.29, 1.82) is 0 Å². The van der Waals surface area contributed by atoms with E-state index in [-0.39, 0.29) is 11.5 Å². The third-order valence-electron chi connectivity index (χ3n) is 5.21. The summed E-state index contributed by atoms with van der Waals surface area (Å²) in [5, 5.41) is 14.8. The molecule has 24 heavy (non-hydrogen) atoms. The molecule has 2 aliphatic heterocycles. The van der Waals surface area contributed by atoms with E-state index in [9.17, 15) is 9.90 Å². The van der Waals surface area contributed by atoms with Crippen LogP contribution in [0, 0.1) is 0 Å². The first-order valence-electron chi connectivity index (χ1n) is 8.66. The Hall–Kier alpha value is -1.44. The normalized spacial score (nSPS) is 26.7. The third-order valence-corrected chi connectivity index (χ3v) is 5.21. The number of hydrogen-bond acceptors (Lipinski definition) is 5. The predicted octanol–water partition coefficient (Wildman–Crippen LogP) is 1.07. The molecule has 2 fully saturated rings. The van der Waals surface area contributed by atoms with E-state index in [4.69, 9.17) is 9.47 Å². The maximum atomic E-state index is 12.6. The molecule has 1 amide bonds. The highest BCUT2D eigenvalue weighted by Crippen LogP contribution is 2.39. The molecule has 0 saturated carbocycles. The zero-order valence-electron chi connectivity index (χ0n) is 14.5. The molecule has 1 spiro atoms. The van der Waals surface area contributed by atoms with Crippen molar-refractivity contribution in [2.45, 2.75) is 50.4 Å². The molecule has 7 heteroatoms. The van der Waals surface area contributed by atoms with Crippen LogP contribution >= 0.6 is 0 Å². The molecule has 0 aliphatic carbocycles. The van der Waals surface area contributed by atoms with Gasteiger partial charge in [-0.2, -0.15) is 5.10 Å². The standard InChI is InChI=1S/C17H27N3O4/c1-3-20-11-14(10-18-20)15(21)19-7-4-17(5-8-19)12-16(22,13-23-2)6-9-24-17/h10-11,22H,3-9,12-13H2,1-2H3. The molecule has 1 aromatic heterocycles. The van der Waals surface area contributed by atoms with Crippen molar-refractivity contribution in [1.82, 2.24) is 14.7 Å². The number of amides is 1. The average Bonchev–Trinajstić information content (AvgIpc) is 3.04. The van der Waals surface area contributed by atoms with Crippen LogP contribution in [0.3, 0.4) is 0 Å². The molecule has 1 aromatic rings. The zero-order chi connectivity index (χ0) is 17.2. The van der Waals surface area contributed by atoms with E-state index in [0.29, 0.717) is 44.7 Å². The fraction of sp³-hybridized carbons (Fsp3) is 0.765. The Labute approximate surface area is 142 Å². The molecule has 0 aromatic carbocycles. The van der Waals surface area contributed by atoms with Crippen LogP contribution in [0.15, 0.2) is 12.4 Å². The van der Waals surface area contributed by atoms with Crippen LogP contribution in [-0.2, 0) is 16.0 Å². The Morgan fingerprint density at radius 1 is 1.42 bits per heavy atom. The van der Waals surface area contributed by atoms with E-state index in [2.05, 4.69) is 5.10 Å². The zero-order valence-corrected chi connectivity index (χ0v) is 14.5. The van der Waals surface area contributed by atoms with Gasteiger partial charge in [0.15, 0.2) is 0 Å². The van der Waals surface area contributed by atoms with Crippen molar-refractivity contribution in [3.8, 4) is 0 Å². The minimum Gasteiger partial charge on any atom is -0.387 e. The Kier molecular flexibility index (Phi) is 4.94. The van der Waals surface area contributed by atoms with Gasteiger partial charge >= 0.3 is 0 Å². The number of likely N-dealkylation sites (tertiary alicyclic amines) is 1. The summed E-state index contributed by atoms with van der Waals surface area (Å²) in [6, 6.07) is 0. The lowest BCUT2D eigenvalue weighted by Crippen LogP contribution is -2.56. The summed E-state index contributed by atoms with van der Waals surface area (Å²) in [7, 11) is 1.61. The van der Waals surface area contributed by atoms with Crippen LogP contribution in [0.1, 0.15) is 43.0 Å². The van der Waals surface area contributed by atoms with Crippen LogP contribution in [0.5, 0.6) is 0 Å². The van der Waals surface area contributed by atoms with E-state index in [1.54, 1.807) is 24.2 Å². The Balaban J connectivity index is 1.61. The second-order valence-electron chi connectivity index (χ2n) is 6.99. The first kappa shape index (κ1) is 17.4. The molecule has 1 atom stereocenters. The van der Waals surface area contributed by atoms with Crippen LogP contribution in [0.4, 0.5) is 0 Å². The summed E-state index contributed by atoms with van der Waals surface area (Å²) in [6.07, 6.45) is 6.08. The molecule has 2 saturated heterocycles. The molecule has 0 radical (unpaired) electrons. The molecule has 7 nitrogen and oxygen atoms in total. The van der Waals surface area contributed by atoms with E-state index in [1.165, 1.54) is 0 Å². The summed E-state index contributed by atoms with van der Waals surface area (Å²) >= 11 is 0. The van der Waals surface area contributed by atoms with Gasteiger partial charge in [0, 0.05) is 45.8 Å². The number of aliphatic hydroxyl groups is 1. The van der Waals surface area contributed by atoms with Crippen LogP contribution in [0.25, 0.3) is 0 Å². The lowest BCUT2D eigenvalue weighted by atomic mass is 9.77. The number of ether oxygens (including phenoxy) is 2. The van der Waals surface area contributed by atoms with Crippen LogP contribution < -0.4 is 0 Å². The second-order valence-corrected chi connectivity index (χ2v) is 6.99. The van der Waals surface area contributed by atoms with Crippen molar-refractivity contribution in [3.05, 3.63) is 18.0 Å². The van der Waals surface area contributed by atoms with E-state index in [0.717, 1.165) is 19.4 Å².